The maximum absolute atomic E-state index is 12.4. The fourth-order valence-corrected chi connectivity index (χ4v) is 13.7. The van der Waals surface area contributed by atoms with Gasteiger partial charge in [0, 0.05) is 51.2 Å². The molecule has 26 heteroatoms. The molecule has 0 aromatic heterocycles. The Labute approximate surface area is 542 Å². The van der Waals surface area contributed by atoms with Crippen molar-refractivity contribution >= 4 is 100 Å². The molecule has 5 N–H and O–H groups in total. The summed E-state index contributed by atoms with van der Waals surface area (Å²) in [6.45, 7) is 28.0. The summed E-state index contributed by atoms with van der Waals surface area (Å²) in [4.78, 5) is 165. The SMILES string of the molecule is CCC(C)(C)C(=O)NC(=O)C1C2CC3C(=O)OC1C3C2.CCC(C)(C)C(=O)NC(=O)C1C2CC3C(=O)OC1C3O2.CCC(C)(C)C(=O)NC(=O)C1CCOC1=O.CCC(C)(C)C(=O)NC(=O)C1COC(=O)C1.CCC(C)(C)C(=O)NC(=S)C1C2CC3C(=O)OC1C3C2. The molecule has 0 spiro atoms. The Morgan fingerprint density at radius 2 is 0.826 bits per heavy atom. The number of thiocarbonyl (C=S) groups is 1. The molecule has 9 amide bonds. The van der Waals surface area contributed by atoms with Gasteiger partial charge >= 0.3 is 29.8 Å². The van der Waals surface area contributed by atoms with Crippen molar-refractivity contribution in [3.05, 3.63) is 0 Å². The van der Waals surface area contributed by atoms with Gasteiger partial charge in [-0.05, 0) is 76.0 Å². The average molecular weight is 1310 g/mol. The smallest absolute Gasteiger partial charge is 0.318 e. The topological polar surface area (TPSA) is 355 Å². The van der Waals surface area contributed by atoms with E-state index in [1.54, 1.807) is 41.5 Å². The number of hydrogen-bond donors (Lipinski definition) is 5. The first-order valence-electron chi connectivity index (χ1n) is 32.7. The minimum absolute atomic E-state index is 0.00293. The van der Waals surface area contributed by atoms with E-state index in [9.17, 15) is 67.1 Å². The summed E-state index contributed by atoms with van der Waals surface area (Å²) in [5.74, 6) is -5.49. The summed E-state index contributed by atoms with van der Waals surface area (Å²) in [6.07, 6.45) is 6.24. The van der Waals surface area contributed by atoms with Crippen LogP contribution in [0.4, 0.5) is 0 Å². The van der Waals surface area contributed by atoms with Crippen molar-refractivity contribution in [3.8, 4) is 0 Å². The molecule has 92 heavy (non-hydrogen) atoms. The number of hydrogen-bond acceptors (Lipinski definition) is 21. The number of amides is 9. The standard InChI is InChI=1S/C15H21NO4.C15H21NO3S.C14H19NO5.2C11H17NO4/c1-4-15(2,3)14(19)16-12(17)10-7-5-8-9(6-7)13(18)20-11(8)10;1-4-15(2,3)14(18)16-12(20)10-7-5-8-9(6-7)13(17)19-11(8)10;1-4-14(2,3)13(18)15-11(16)8-7-5-6-9(19-7)10(8)20-12(6)17;1-4-11(2,3)10(15)12-9(14)7-5-8(13)16-6-7;1-4-11(2,3)10(15)12-8(13)7-5-6-16-9(7)14/h7-11H,4-6H2,1-3H3,(H,16,17,19);7-11H,4-6H2,1-3H3,(H,16,18,20);6-10H,4-5H2,1-3H3,(H,15,16,18);7H,4-6H2,1-3H3,(H,12,14,15);7H,4-6H2,1-3H3,(H,12,13,15). The minimum atomic E-state index is -0.823. The first-order chi connectivity index (χ1) is 42.8. The third-order valence-electron chi connectivity index (χ3n) is 21.9. The van der Waals surface area contributed by atoms with E-state index in [4.69, 9.17) is 31.2 Å². The molecule has 7 aliphatic heterocycles. The third kappa shape index (κ3) is 15.2. The fraction of sp³-hybridized carbons (Fsp3) is 0.773. The van der Waals surface area contributed by atoms with Crippen LogP contribution in [0.3, 0.4) is 0 Å². The normalized spacial score (nSPS) is 31.9. The second kappa shape index (κ2) is 28.2. The number of carbonyl (C=O) groups excluding carboxylic acids is 14. The van der Waals surface area contributed by atoms with Crippen LogP contribution >= 0.6 is 12.2 Å². The third-order valence-corrected chi connectivity index (χ3v) is 22.3. The van der Waals surface area contributed by atoms with Crippen molar-refractivity contribution < 1.29 is 95.5 Å². The molecule has 7 saturated heterocycles. The molecule has 7 heterocycles. The van der Waals surface area contributed by atoms with E-state index in [1.165, 1.54) is 0 Å². The number of carbonyl (C=O) groups is 14. The minimum Gasteiger partial charge on any atom is -0.465 e. The zero-order chi connectivity index (χ0) is 68.7. The van der Waals surface area contributed by atoms with E-state index in [-0.39, 0.29) is 151 Å². The predicted octanol–water partition coefficient (Wildman–Crippen LogP) is 4.98. The highest BCUT2D eigenvalue weighted by Crippen LogP contribution is 2.59. The Morgan fingerprint density at radius 1 is 0.435 bits per heavy atom. The lowest BCUT2D eigenvalue weighted by atomic mass is 9.81. The van der Waals surface area contributed by atoms with Gasteiger partial charge in [-0.25, -0.2) is 0 Å². The molecule has 17 atom stereocenters. The molecule has 0 aromatic rings. The maximum atomic E-state index is 12.4. The Kier molecular flexibility index (Phi) is 22.3. The molecule has 25 nitrogen and oxygen atoms in total. The number of nitrogens with one attached hydrogen (secondary N) is 5. The number of imide groups is 4. The van der Waals surface area contributed by atoms with Crippen LogP contribution in [0.1, 0.15) is 181 Å². The van der Waals surface area contributed by atoms with E-state index in [2.05, 4.69) is 36.1 Å². The van der Waals surface area contributed by atoms with Gasteiger partial charge in [0.2, 0.25) is 53.2 Å². The van der Waals surface area contributed by atoms with Crippen molar-refractivity contribution in [2.75, 3.05) is 13.2 Å². The second-order valence-corrected chi connectivity index (χ2v) is 30.1. The van der Waals surface area contributed by atoms with Gasteiger partial charge < -0.3 is 33.7 Å². The van der Waals surface area contributed by atoms with Gasteiger partial charge in [0.1, 0.15) is 42.9 Å². The molecular weight excluding hydrogens is 1210 g/mol. The molecule has 11 rings (SSSR count). The lowest BCUT2D eigenvalue weighted by Gasteiger charge is -2.28. The molecule has 0 aromatic carbocycles. The van der Waals surface area contributed by atoms with Gasteiger partial charge in [0.15, 0.2) is 0 Å². The second-order valence-electron chi connectivity index (χ2n) is 29.6. The van der Waals surface area contributed by atoms with E-state index < -0.39 is 68.7 Å². The zero-order valence-electron chi connectivity index (χ0n) is 55.8. The first kappa shape index (κ1) is 72.8. The maximum Gasteiger partial charge on any atom is 0.318 e. The summed E-state index contributed by atoms with van der Waals surface area (Å²) in [6, 6.07) is 0. The highest BCUT2D eigenvalue weighted by Gasteiger charge is 2.67. The van der Waals surface area contributed by atoms with Gasteiger partial charge in [-0.1, -0.05) is 116 Å². The van der Waals surface area contributed by atoms with Crippen LogP contribution in [0.25, 0.3) is 0 Å². The zero-order valence-corrected chi connectivity index (χ0v) is 56.6. The summed E-state index contributed by atoms with van der Waals surface area (Å²) in [7, 11) is 0. The lowest BCUT2D eigenvalue weighted by molar-refractivity contribution is -0.148. The van der Waals surface area contributed by atoms with Crippen LogP contribution < -0.4 is 26.6 Å². The molecule has 11 aliphatic rings. The van der Waals surface area contributed by atoms with E-state index in [1.807, 2.05) is 62.3 Å². The van der Waals surface area contributed by atoms with Gasteiger partial charge in [0.05, 0.1) is 53.7 Å². The van der Waals surface area contributed by atoms with Crippen molar-refractivity contribution in [2.45, 2.75) is 211 Å². The number of esters is 5. The molecule has 6 bridgehead atoms. The number of rotatable bonds is 15. The summed E-state index contributed by atoms with van der Waals surface area (Å²) in [5, 5.41) is 12.5. The highest BCUT2D eigenvalue weighted by atomic mass is 32.1. The van der Waals surface area contributed by atoms with Crippen LogP contribution in [0.2, 0.25) is 0 Å². The van der Waals surface area contributed by atoms with Crippen LogP contribution in [-0.4, -0.2) is 132 Å². The molecule has 4 aliphatic carbocycles. The van der Waals surface area contributed by atoms with Crippen LogP contribution in [0.5, 0.6) is 0 Å². The molecule has 510 valence electrons. The van der Waals surface area contributed by atoms with Crippen molar-refractivity contribution in [1.29, 1.82) is 0 Å². The summed E-state index contributed by atoms with van der Waals surface area (Å²) < 4.78 is 31.1. The van der Waals surface area contributed by atoms with Gasteiger partial charge in [-0.15, -0.1) is 0 Å². The van der Waals surface area contributed by atoms with Gasteiger partial charge in [-0.2, -0.15) is 0 Å². The first-order valence-corrected chi connectivity index (χ1v) is 33.1. The molecular formula is C66H95N5O20S. The van der Waals surface area contributed by atoms with E-state index in [0.717, 1.165) is 32.1 Å². The van der Waals surface area contributed by atoms with Crippen LogP contribution in [-0.2, 0) is 95.5 Å². The van der Waals surface area contributed by atoms with Crippen LogP contribution in [0.15, 0.2) is 0 Å². The molecule has 4 saturated carbocycles. The number of ether oxygens (including phenoxy) is 6. The predicted molar refractivity (Wildman–Crippen MR) is 328 cm³/mol. The van der Waals surface area contributed by atoms with Crippen molar-refractivity contribution in [2.24, 2.45) is 98.1 Å². The molecule has 17 unspecified atom stereocenters. The summed E-state index contributed by atoms with van der Waals surface area (Å²) in [5.41, 5.74) is -2.74. The molecule has 0 radical (unpaired) electrons. The average Bonchev–Trinajstić information content (AvgIpc) is 1.59. The van der Waals surface area contributed by atoms with Crippen LogP contribution in [0, 0.1) is 98.1 Å². The van der Waals surface area contributed by atoms with Gasteiger partial charge in [0.25, 0.3) is 0 Å². The monoisotopic (exact) mass is 1310 g/mol. The Balaban J connectivity index is 0.000000164. The Hall–Kier alpha value is -6.57. The Bertz CT molecular complexity index is 2800. The van der Waals surface area contributed by atoms with Crippen molar-refractivity contribution in [1.82, 2.24) is 26.6 Å². The van der Waals surface area contributed by atoms with E-state index in [0.29, 0.717) is 55.3 Å². The van der Waals surface area contributed by atoms with E-state index >= 15 is 0 Å². The number of cyclic esters (lactones) is 2. The summed E-state index contributed by atoms with van der Waals surface area (Å²) >= 11 is 5.45. The quantitative estimate of drug-likeness (QED) is 0.0624. The van der Waals surface area contributed by atoms with Crippen molar-refractivity contribution in [3.63, 3.8) is 0 Å². The highest BCUT2D eigenvalue weighted by molar-refractivity contribution is 7.80. The molecule has 11 fully saturated rings. The largest absolute Gasteiger partial charge is 0.465 e. The fourth-order valence-electron chi connectivity index (χ4n) is 13.3. The lowest BCUT2D eigenvalue weighted by Crippen LogP contribution is -2.48. The number of fused-ring (bicyclic) bond motifs is 3. The Morgan fingerprint density at radius 3 is 1.25 bits per heavy atom. The van der Waals surface area contributed by atoms with Gasteiger partial charge in [-0.3, -0.25) is 88.4 Å².